The van der Waals surface area contributed by atoms with E-state index in [1.54, 1.807) is 11.8 Å². The van der Waals surface area contributed by atoms with Crippen LogP contribution in [-0.4, -0.2) is 23.1 Å². The van der Waals surface area contributed by atoms with Crippen LogP contribution in [0.2, 0.25) is 0 Å². The fraction of sp³-hybridized carbons (Fsp3) is 0.647. The highest BCUT2D eigenvalue weighted by Crippen LogP contribution is 2.40. The van der Waals surface area contributed by atoms with Crippen LogP contribution in [0.25, 0.3) is 0 Å². The molecule has 0 saturated heterocycles. The van der Waals surface area contributed by atoms with Crippen molar-refractivity contribution in [2.24, 2.45) is 17.8 Å². The molecule has 1 heterocycles. The Morgan fingerprint density at radius 1 is 1.20 bits per heavy atom. The largest absolute Gasteiger partial charge is 0.486 e. The molecule has 1 aromatic rings. The molecule has 2 nitrogen and oxygen atoms in total. The minimum atomic E-state index is -0.328. The third-order valence-corrected chi connectivity index (χ3v) is 6.18. The molecule has 0 amide bonds. The van der Waals surface area contributed by atoms with Crippen molar-refractivity contribution in [2.45, 2.75) is 50.2 Å². The molecule has 1 fully saturated rings. The zero-order valence-corrected chi connectivity index (χ0v) is 13.1. The van der Waals surface area contributed by atoms with Crippen LogP contribution in [0.3, 0.4) is 0 Å². The summed E-state index contributed by atoms with van der Waals surface area (Å²) in [5, 5.41) is 10.7. The first-order valence-electron chi connectivity index (χ1n) is 7.71. The second kappa shape index (κ2) is 5.98. The summed E-state index contributed by atoms with van der Waals surface area (Å²) >= 11 is 1.81. The maximum atomic E-state index is 10.7. The van der Waals surface area contributed by atoms with Gasteiger partial charge in [-0.05, 0) is 42.7 Å². The average molecular weight is 292 g/mol. The van der Waals surface area contributed by atoms with Crippen molar-refractivity contribution in [3.8, 4) is 5.75 Å². The van der Waals surface area contributed by atoms with E-state index in [0.29, 0.717) is 11.8 Å². The molecule has 0 bridgehead atoms. The number of para-hydroxylation sites is 1. The van der Waals surface area contributed by atoms with Crippen LogP contribution in [0, 0.1) is 17.8 Å². The van der Waals surface area contributed by atoms with Crippen molar-refractivity contribution < 1.29 is 9.84 Å². The molecule has 5 unspecified atom stereocenters. The van der Waals surface area contributed by atoms with Gasteiger partial charge in [0.05, 0.1) is 6.10 Å². The molecular formula is C17H24O2S. The smallest absolute Gasteiger partial charge is 0.134 e. The van der Waals surface area contributed by atoms with Crippen LogP contribution >= 0.6 is 11.8 Å². The second-order valence-electron chi connectivity index (χ2n) is 6.43. The van der Waals surface area contributed by atoms with Crippen LogP contribution in [0.15, 0.2) is 29.2 Å². The lowest BCUT2D eigenvalue weighted by molar-refractivity contribution is -0.0181. The average Bonchev–Trinajstić information content (AvgIpc) is 2.49. The molecule has 1 aliphatic carbocycles. The van der Waals surface area contributed by atoms with Gasteiger partial charge in [0.2, 0.25) is 0 Å². The maximum Gasteiger partial charge on any atom is 0.134 e. The van der Waals surface area contributed by atoms with E-state index in [-0.39, 0.29) is 12.2 Å². The topological polar surface area (TPSA) is 29.5 Å². The Labute approximate surface area is 125 Å². The summed E-state index contributed by atoms with van der Waals surface area (Å²) in [6.07, 6.45) is 3.12. The molecule has 3 heteroatoms. The van der Waals surface area contributed by atoms with E-state index in [9.17, 15) is 5.11 Å². The van der Waals surface area contributed by atoms with E-state index in [1.807, 2.05) is 18.2 Å². The van der Waals surface area contributed by atoms with Crippen LogP contribution < -0.4 is 4.74 Å². The first-order valence-corrected chi connectivity index (χ1v) is 8.70. The minimum Gasteiger partial charge on any atom is -0.486 e. The summed E-state index contributed by atoms with van der Waals surface area (Å²) in [4.78, 5) is 1.20. The minimum absolute atomic E-state index is 0.0551. The fourth-order valence-electron chi connectivity index (χ4n) is 3.41. The van der Waals surface area contributed by atoms with Crippen LogP contribution in [-0.2, 0) is 0 Å². The van der Waals surface area contributed by atoms with Gasteiger partial charge in [0.15, 0.2) is 0 Å². The Kier molecular flexibility index (Phi) is 4.27. The summed E-state index contributed by atoms with van der Waals surface area (Å²) in [7, 11) is 0. The molecule has 1 aliphatic heterocycles. The van der Waals surface area contributed by atoms with E-state index >= 15 is 0 Å². The van der Waals surface area contributed by atoms with E-state index in [2.05, 4.69) is 19.9 Å². The zero-order chi connectivity index (χ0) is 14.1. The highest BCUT2D eigenvalue weighted by Gasteiger charge is 2.36. The summed E-state index contributed by atoms with van der Waals surface area (Å²) < 4.78 is 6.04. The Bertz CT molecular complexity index is 462. The van der Waals surface area contributed by atoms with E-state index in [1.165, 1.54) is 11.3 Å². The summed E-state index contributed by atoms with van der Waals surface area (Å²) in [6, 6.07) is 8.13. The van der Waals surface area contributed by atoms with Gasteiger partial charge in [-0.25, -0.2) is 0 Å². The molecule has 1 N–H and O–H groups in total. The monoisotopic (exact) mass is 292 g/mol. The Morgan fingerprint density at radius 3 is 2.80 bits per heavy atom. The first kappa shape index (κ1) is 14.3. The summed E-state index contributed by atoms with van der Waals surface area (Å²) in [5.74, 6) is 3.70. The number of aliphatic hydroxyl groups excluding tert-OH is 1. The number of hydrogen-bond acceptors (Lipinski definition) is 3. The second-order valence-corrected chi connectivity index (χ2v) is 7.49. The standard InChI is InChI=1S/C17H24O2S/c1-11-7-8-13(9-12(11)2)17(18)15-10-20-16-6-4-3-5-14(16)19-15/h3-6,11-13,15,17-18H,7-10H2,1-2H3. The van der Waals surface area contributed by atoms with Crippen molar-refractivity contribution in [2.75, 3.05) is 5.75 Å². The number of fused-ring (bicyclic) bond motifs is 1. The maximum absolute atomic E-state index is 10.7. The van der Waals surface area contributed by atoms with Gasteiger partial charge >= 0.3 is 0 Å². The third-order valence-electron chi connectivity index (χ3n) is 5.03. The first-order chi connectivity index (χ1) is 9.65. The van der Waals surface area contributed by atoms with Gasteiger partial charge in [-0.2, -0.15) is 0 Å². The Hall–Kier alpha value is -0.670. The quantitative estimate of drug-likeness (QED) is 0.894. The van der Waals surface area contributed by atoms with Crippen molar-refractivity contribution in [1.82, 2.24) is 0 Å². The SMILES string of the molecule is CC1CCC(C(O)C2CSc3ccccc3O2)CC1C. The number of rotatable bonds is 2. The van der Waals surface area contributed by atoms with Crippen molar-refractivity contribution in [3.63, 3.8) is 0 Å². The van der Waals surface area contributed by atoms with Gasteiger partial charge in [-0.15, -0.1) is 11.8 Å². The van der Waals surface area contributed by atoms with Gasteiger partial charge in [-0.1, -0.05) is 32.4 Å². The van der Waals surface area contributed by atoms with E-state index in [4.69, 9.17) is 4.74 Å². The summed E-state index contributed by atoms with van der Waals surface area (Å²) in [5.41, 5.74) is 0. The summed E-state index contributed by atoms with van der Waals surface area (Å²) in [6.45, 7) is 4.64. The predicted octanol–water partition coefficient (Wildman–Crippen LogP) is 3.97. The van der Waals surface area contributed by atoms with E-state index < -0.39 is 0 Å². The fourth-order valence-corrected chi connectivity index (χ4v) is 4.45. The lowest BCUT2D eigenvalue weighted by Crippen LogP contribution is -2.43. The number of thioether (sulfide) groups is 1. The molecule has 0 aromatic heterocycles. The molecule has 1 aromatic carbocycles. The van der Waals surface area contributed by atoms with Gasteiger partial charge in [0.1, 0.15) is 11.9 Å². The molecule has 0 radical (unpaired) electrons. The molecule has 2 aliphatic rings. The van der Waals surface area contributed by atoms with Gasteiger partial charge < -0.3 is 9.84 Å². The van der Waals surface area contributed by atoms with Gasteiger partial charge in [0.25, 0.3) is 0 Å². The molecule has 20 heavy (non-hydrogen) atoms. The van der Waals surface area contributed by atoms with E-state index in [0.717, 1.165) is 30.3 Å². The Morgan fingerprint density at radius 2 is 2.00 bits per heavy atom. The molecule has 110 valence electrons. The third kappa shape index (κ3) is 2.84. The molecule has 0 spiro atoms. The number of benzene rings is 1. The van der Waals surface area contributed by atoms with Crippen molar-refractivity contribution >= 4 is 11.8 Å². The van der Waals surface area contributed by atoms with Crippen molar-refractivity contribution in [1.29, 1.82) is 0 Å². The van der Waals surface area contributed by atoms with Gasteiger partial charge in [0, 0.05) is 10.6 Å². The number of aliphatic hydroxyl groups is 1. The lowest BCUT2D eigenvalue weighted by atomic mass is 9.73. The van der Waals surface area contributed by atoms with Gasteiger partial charge in [-0.3, -0.25) is 0 Å². The van der Waals surface area contributed by atoms with Crippen LogP contribution in [0.5, 0.6) is 5.75 Å². The Balaban J connectivity index is 1.65. The zero-order valence-electron chi connectivity index (χ0n) is 12.3. The molecule has 1 saturated carbocycles. The highest BCUT2D eigenvalue weighted by atomic mass is 32.2. The molecule has 5 atom stereocenters. The van der Waals surface area contributed by atoms with Crippen LogP contribution in [0.1, 0.15) is 33.1 Å². The van der Waals surface area contributed by atoms with Crippen LogP contribution in [0.4, 0.5) is 0 Å². The molecular weight excluding hydrogens is 268 g/mol. The molecule has 3 rings (SSSR count). The lowest BCUT2D eigenvalue weighted by Gasteiger charge is -2.38. The van der Waals surface area contributed by atoms with Crippen molar-refractivity contribution in [3.05, 3.63) is 24.3 Å². The normalized spacial score (nSPS) is 35.0. The highest BCUT2D eigenvalue weighted by molar-refractivity contribution is 7.99. The number of hydrogen-bond donors (Lipinski definition) is 1. The number of ether oxygens (including phenoxy) is 1. The predicted molar refractivity (Wildman–Crippen MR) is 83.3 cm³/mol.